The lowest BCUT2D eigenvalue weighted by molar-refractivity contribution is 0.0696. The van der Waals surface area contributed by atoms with Gasteiger partial charge in [-0.3, -0.25) is 4.90 Å². The Bertz CT molecular complexity index is 1170. The molecule has 7 heteroatoms. The average Bonchev–Trinajstić information content (AvgIpc) is 2.77. The predicted molar refractivity (Wildman–Crippen MR) is 140 cm³/mol. The van der Waals surface area contributed by atoms with Gasteiger partial charge in [0.2, 0.25) is 0 Å². The van der Waals surface area contributed by atoms with Crippen molar-refractivity contribution >= 4 is 29.3 Å². The van der Waals surface area contributed by atoms with Crippen molar-refractivity contribution in [3.05, 3.63) is 69.9 Å². The van der Waals surface area contributed by atoms with Gasteiger partial charge < -0.3 is 15.2 Å². The molecule has 2 aromatic carbocycles. The zero-order chi connectivity index (χ0) is 26.1. The largest absolute Gasteiger partial charge is 0.495 e. The zero-order valence-electron chi connectivity index (χ0n) is 21.5. The number of amides is 2. The van der Waals surface area contributed by atoms with Crippen molar-refractivity contribution in [2.45, 2.75) is 59.9 Å². The van der Waals surface area contributed by atoms with Crippen LogP contribution in [0.25, 0.3) is 0 Å². The molecular weight excluding hydrogens is 464 g/mol. The van der Waals surface area contributed by atoms with Gasteiger partial charge in [0.25, 0.3) is 0 Å². The number of anilines is 1. The summed E-state index contributed by atoms with van der Waals surface area (Å²) in [6, 6.07) is 10.2. The molecule has 188 valence electrons. The van der Waals surface area contributed by atoms with E-state index in [1.54, 1.807) is 6.07 Å². The first kappa shape index (κ1) is 26.6. The zero-order valence-corrected chi connectivity index (χ0v) is 22.3. The molecule has 0 radical (unpaired) electrons. The van der Waals surface area contributed by atoms with Gasteiger partial charge in [-0.1, -0.05) is 58.4 Å². The van der Waals surface area contributed by atoms with E-state index >= 15 is 0 Å². The fourth-order valence-corrected chi connectivity index (χ4v) is 4.67. The summed E-state index contributed by atoms with van der Waals surface area (Å²) in [6.07, 6.45) is 3.73. The Balaban J connectivity index is 2.03. The highest BCUT2D eigenvalue weighted by Crippen LogP contribution is 2.41. The molecule has 1 atom stereocenters. The average molecular weight is 499 g/mol. The molecule has 35 heavy (non-hydrogen) atoms. The Morgan fingerprint density at radius 1 is 1.20 bits per heavy atom. The van der Waals surface area contributed by atoms with E-state index in [0.717, 1.165) is 29.5 Å². The van der Waals surface area contributed by atoms with Crippen LogP contribution >= 0.6 is 11.6 Å². The maximum atomic E-state index is 13.4. The molecule has 0 fully saturated rings. The molecule has 0 saturated heterocycles. The van der Waals surface area contributed by atoms with Crippen molar-refractivity contribution in [2.75, 3.05) is 12.0 Å². The van der Waals surface area contributed by atoms with Crippen molar-refractivity contribution in [1.82, 2.24) is 5.32 Å². The number of nitrogens with one attached hydrogen (secondary N) is 1. The Morgan fingerprint density at radius 3 is 2.43 bits per heavy atom. The van der Waals surface area contributed by atoms with Gasteiger partial charge in [-0.2, -0.15) is 0 Å². The summed E-state index contributed by atoms with van der Waals surface area (Å²) >= 11 is 6.70. The molecule has 0 unspecified atom stereocenters. The van der Waals surface area contributed by atoms with E-state index in [4.69, 9.17) is 16.3 Å². The van der Waals surface area contributed by atoms with Gasteiger partial charge in [0.1, 0.15) is 5.75 Å². The lowest BCUT2D eigenvalue weighted by Crippen LogP contribution is -2.55. The van der Waals surface area contributed by atoms with Gasteiger partial charge >= 0.3 is 12.0 Å². The van der Waals surface area contributed by atoms with E-state index in [0.29, 0.717) is 16.5 Å². The molecule has 0 bridgehead atoms. The molecule has 2 amide bonds. The van der Waals surface area contributed by atoms with Crippen LogP contribution in [0.15, 0.2) is 48.2 Å². The highest BCUT2D eigenvalue weighted by atomic mass is 35.5. The number of urea groups is 1. The maximum Gasteiger partial charge on any atom is 0.335 e. The van der Waals surface area contributed by atoms with Crippen molar-refractivity contribution in [2.24, 2.45) is 11.3 Å². The van der Waals surface area contributed by atoms with E-state index in [2.05, 4.69) is 46.0 Å². The molecule has 1 aliphatic heterocycles. The number of benzene rings is 2. The summed E-state index contributed by atoms with van der Waals surface area (Å²) in [7, 11) is 1.45. The standard InChI is InChI=1S/C28H35ClN2O4/c1-17(2)21-16-31(23-11-9-19(25(32)33)14-24(23)35-7)26(34)30-28(21,6)20-10-8-18(22(29)15-20)12-13-27(3,4)5/h8-11,14-17H,12-13H2,1-7H3,(H,30,34)(H,32,33)/t28-/m0/s1. The summed E-state index contributed by atoms with van der Waals surface area (Å²) in [5.41, 5.74) is 2.99. The van der Waals surface area contributed by atoms with Gasteiger partial charge in [0.05, 0.1) is 23.9 Å². The molecule has 0 spiro atoms. The quantitative estimate of drug-likeness (QED) is 0.430. The lowest BCUT2D eigenvalue weighted by Gasteiger charge is -2.42. The normalized spacial score (nSPS) is 18.4. The smallest absolute Gasteiger partial charge is 0.335 e. The molecule has 0 saturated carbocycles. The van der Waals surface area contributed by atoms with Crippen molar-refractivity contribution in [3.63, 3.8) is 0 Å². The van der Waals surface area contributed by atoms with Gasteiger partial charge in [0, 0.05) is 11.2 Å². The molecule has 2 aromatic rings. The van der Waals surface area contributed by atoms with Crippen molar-refractivity contribution < 1.29 is 19.4 Å². The number of carbonyl (C=O) groups excluding carboxylic acids is 1. The fourth-order valence-electron chi connectivity index (χ4n) is 4.40. The van der Waals surface area contributed by atoms with Gasteiger partial charge in [0.15, 0.2) is 0 Å². The lowest BCUT2D eigenvalue weighted by atomic mass is 9.78. The monoisotopic (exact) mass is 498 g/mol. The first-order chi connectivity index (χ1) is 16.3. The van der Waals surface area contributed by atoms with E-state index in [1.807, 2.05) is 25.3 Å². The van der Waals surface area contributed by atoms with Crippen LogP contribution in [0.2, 0.25) is 5.02 Å². The maximum absolute atomic E-state index is 13.4. The second-order valence-electron chi connectivity index (χ2n) is 10.7. The minimum absolute atomic E-state index is 0.0853. The van der Waals surface area contributed by atoms with Crippen LogP contribution in [0, 0.1) is 11.3 Å². The third-order valence-corrected chi connectivity index (χ3v) is 6.86. The predicted octanol–water partition coefficient (Wildman–Crippen LogP) is 7.01. The second kappa shape index (κ2) is 9.94. The summed E-state index contributed by atoms with van der Waals surface area (Å²) in [5.74, 6) is -0.659. The third-order valence-electron chi connectivity index (χ3n) is 6.50. The molecule has 6 nitrogen and oxygen atoms in total. The summed E-state index contributed by atoms with van der Waals surface area (Å²) in [6.45, 7) is 12.8. The molecule has 0 aromatic heterocycles. The minimum Gasteiger partial charge on any atom is -0.495 e. The number of hydrogen-bond donors (Lipinski definition) is 2. The Kier molecular flexibility index (Phi) is 7.56. The number of nitrogens with zero attached hydrogens (tertiary/aromatic N) is 1. The molecular formula is C28H35ClN2O4. The van der Waals surface area contributed by atoms with Gasteiger partial charge in [-0.25, -0.2) is 9.59 Å². The number of ether oxygens (including phenoxy) is 1. The van der Waals surface area contributed by atoms with Crippen LogP contribution in [0.5, 0.6) is 5.75 Å². The first-order valence-electron chi connectivity index (χ1n) is 11.8. The van der Waals surface area contributed by atoms with E-state index in [-0.39, 0.29) is 22.9 Å². The molecule has 3 rings (SSSR count). The number of carbonyl (C=O) groups is 2. The van der Waals surface area contributed by atoms with E-state index in [9.17, 15) is 14.7 Å². The highest BCUT2D eigenvalue weighted by molar-refractivity contribution is 6.31. The number of methoxy groups -OCH3 is 1. The summed E-state index contributed by atoms with van der Waals surface area (Å²) in [4.78, 5) is 26.2. The molecule has 1 aliphatic rings. The number of halogens is 1. The van der Waals surface area contributed by atoms with Crippen LogP contribution in [0.1, 0.15) is 69.4 Å². The van der Waals surface area contributed by atoms with Gasteiger partial charge in [-0.15, -0.1) is 0 Å². The number of carboxylic acids is 1. The minimum atomic E-state index is -1.06. The van der Waals surface area contributed by atoms with Crippen LogP contribution in [0.4, 0.5) is 10.5 Å². The molecule has 0 aliphatic carbocycles. The Morgan fingerprint density at radius 2 is 1.89 bits per heavy atom. The van der Waals surface area contributed by atoms with Crippen LogP contribution in [-0.2, 0) is 12.0 Å². The number of aromatic carboxylic acids is 1. The highest BCUT2D eigenvalue weighted by Gasteiger charge is 2.41. The topological polar surface area (TPSA) is 78.9 Å². The first-order valence-corrected chi connectivity index (χ1v) is 12.2. The fraction of sp³-hybridized carbons (Fsp3) is 0.429. The summed E-state index contributed by atoms with van der Waals surface area (Å²) in [5, 5.41) is 13.2. The van der Waals surface area contributed by atoms with Crippen LogP contribution in [0.3, 0.4) is 0 Å². The molecule has 2 N–H and O–H groups in total. The number of carboxylic acid groups (broad SMARTS) is 1. The number of hydrogen-bond acceptors (Lipinski definition) is 3. The Labute approximate surface area is 212 Å². The molecule has 1 heterocycles. The second-order valence-corrected chi connectivity index (χ2v) is 11.1. The third kappa shape index (κ3) is 5.64. The van der Waals surface area contributed by atoms with Crippen LogP contribution in [-0.4, -0.2) is 24.2 Å². The van der Waals surface area contributed by atoms with Crippen molar-refractivity contribution in [3.8, 4) is 5.75 Å². The SMILES string of the molecule is COc1cc(C(=O)O)ccc1N1C=C(C(C)C)[C@](C)(c2ccc(CCC(C)(C)C)c(Cl)c2)NC1=O. The Hall–Kier alpha value is -2.99. The number of aryl methyl sites for hydroxylation is 1. The summed E-state index contributed by atoms with van der Waals surface area (Å²) < 4.78 is 5.41. The van der Waals surface area contributed by atoms with Crippen LogP contribution < -0.4 is 15.0 Å². The number of rotatable bonds is 7. The van der Waals surface area contributed by atoms with E-state index in [1.165, 1.54) is 24.1 Å². The van der Waals surface area contributed by atoms with E-state index < -0.39 is 11.5 Å². The van der Waals surface area contributed by atoms with Gasteiger partial charge in [-0.05, 0) is 72.1 Å². The van der Waals surface area contributed by atoms with Crippen molar-refractivity contribution in [1.29, 1.82) is 0 Å².